The average Bonchev–Trinajstić information content (AvgIpc) is 3.28. The van der Waals surface area contributed by atoms with E-state index in [1.807, 2.05) is 30.1 Å². The number of sulfone groups is 1. The van der Waals surface area contributed by atoms with Gasteiger partial charge >= 0.3 is 0 Å². The van der Waals surface area contributed by atoms with Crippen molar-refractivity contribution in [2.45, 2.75) is 11.3 Å². The summed E-state index contributed by atoms with van der Waals surface area (Å²) < 4.78 is 53.3. The molecule has 2 aromatic heterocycles. The molecule has 5 aromatic rings. The molecule has 0 fully saturated rings. The van der Waals surface area contributed by atoms with Gasteiger partial charge in [-0.05, 0) is 54.6 Å². The lowest BCUT2D eigenvalue weighted by Crippen LogP contribution is -2.18. The van der Waals surface area contributed by atoms with Crippen molar-refractivity contribution in [3.05, 3.63) is 90.1 Å². The highest BCUT2D eigenvalue weighted by molar-refractivity contribution is 7.90. The van der Waals surface area contributed by atoms with Gasteiger partial charge in [0, 0.05) is 44.8 Å². The predicted octanol–water partition coefficient (Wildman–Crippen LogP) is 4.76. The molecule has 0 saturated carbocycles. The number of fused-ring (bicyclic) bond motifs is 1. The fourth-order valence-corrected chi connectivity index (χ4v) is 5.11. The van der Waals surface area contributed by atoms with E-state index in [2.05, 4.69) is 20.3 Å². The zero-order valence-electron chi connectivity index (χ0n) is 23.2. The van der Waals surface area contributed by atoms with Crippen molar-refractivity contribution in [1.82, 2.24) is 19.5 Å². The van der Waals surface area contributed by atoms with Crippen LogP contribution in [0.5, 0.6) is 0 Å². The first-order chi connectivity index (χ1) is 19.9. The van der Waals surface area contributed by atoms with E-state index < -0.39 is 27.4 Å². The normalized spacial score (nSPS) is 11.5. The lowest BCUT2D eigenvalue weighted by Gasteiger charge is -2.22. The SMILES string of the molecule is CN(c1cccc(S(C)(=O)=O)c1)c1nccc(N(C)c2cccc3c2nc(NC(=O)Cc2cc(F)ccc2F)n3C)n1. The van der Waals surface area contributed by atoms with Crippen LogP contribution in [0, 0.1) is 11.6 Å². The molecule has 3 aromatic carbocycles. The highest BCUT2D eigenvalue weighted by Gasteiger charge is 2.19. The van der Waals surface area contributed by atoms with Crippen LogP contribution in [0.25, 0.3) is 11.0 Å². The summed E-state index contributed by atoms with van der Waals surface area (Å²) in [5, 5.41) is 2.69. The van der Waals surface area contributed by atoms with Gasteiger partial charge in [0.15, 0.2) is 9.84 Å². The Bertz CT molecular complexity index is 1930. The summed E-state index contributed by atoms with van der Waals surface area (Å²) in [5.41, 5.74) is 2.52. The van der Waals surface area contributed by atoms with Crippen LogP contribution in [0.3, 0.4) is 0 Å². The molecular weight excluding hydrogens is 564 g/mol. The van der Waals surface area contributed by atoms with Crippen LogP contribution >= 0.6 is 0 Å². The molecule has 0 bridgehead atoms. The molecule has 0 aliphatic heterocycles. The zero-order chi connectivity index (χ0) is 30.2. The molecule has 2 heterocycles. The predicted molar refractivity (Wildman–Crippen MR) is 157 cm³/mol. The maximum absolute atomic E-state index is 14.0. The van der Waals surface area contributed by atoms with Gasteiger partial charge < -0.3 is 14.4 Å². The number of anilines is 5. The number of carbonyl (C=O) groups is 1. The Morgan fingerprint density at radius 2 is 1.74 bits per heavy atom. The molecule has 216 valence electrons. The van der Waals surface area contributed by atoms with Gasteiger partial charge in [-0.2, -0.15) is 4.98 Å². The quantitative estimate of drug-likeness (QED) is 0.275. The molecule has 0 spiro atoms. The minimum Gasteiger partial charge on any atom is -0.327 e. The maximum Gasteiger partial charge on any atom is 0.231 e. The number of aromatic nitrogens is 4. The average molecular weight is 592 g/mol. The first kappa shape index (κ1) is 28.6. The first-order valence-corrected chi connectivity index (χ1v) is 14.6. The minimum atomic E-state index is -3.39. The highest BCUT2D eigenvalue weighted by atomic mass is 32.2. The fraction of sp³-hybridized carbons (Fsp3) is 0.172. The van der Waals surface area contributed by atoms with E-state index in [0.29, 0.717) is 28.7 Å². The van der Waals surface area contributed by atoms with Gasteiger partial charge in [-0.25, -0.2) is 27.2 Å². The highest BCUT2D eigenvalue weighted by Crippen LogP contribution is 2.32. The van der Waals surface area contributed by atoms with E-state index in [1.165, 1.54) is 6.07 Å². The first-order valence-electron chi connectivity index (χ1n) is 12.7. The number of hydrogen-bond donors (Lipinski definition) is 1. The number of hydrogen-bond acceptors (Lipinski definition) is 8. The third-order valence-electron chi connectivity index (χ3n) is 6.77. The number of halogens is 2. The Balaban J connectivity index is 1.42. The number of carbonyl (C=O) groups excluding carboxylic acids is 1. The number of para-hydroxylation sites is 1. The van der Waals surface area contributed by atoms with Gasteiger partial charge in [-0.15, -0.1) is 0 Å². The summed E-state index contributed by atoms with van der Waals surface area (Å²) >= 11 is 0. The molecular formula is C29H27F2N7O3S. The van der Waals surface area contributed by atoms with Crippen LogP contribution in [0.4, 0.5) is 37.9 Å². The molecule has 0 atom stereocenters. The van der Waals surface area contributed by atoms with Gasteiger partial charge in [0.05, 0.1) is 22.5 Å². The summed E-state index contributed by atoms with van der Waals surface area (Å²) in [6, 6.07) is 16.7. The number of nitrogens with one attached hydrogen (secondary N) is 1. The van der Waals surface area contributed by atoms with Crippen LogP contribution < -0.4 is 15.1 Å². The monoisotopic (exact) mass is 591 g/mol. The summed E-state index contributed by atoms with van der Waals surface area (Å²) in [6.45, 7) is 0. The number of benzene rings is 3. The van der Waals surface area contributed by atoms with Gasteiger partial charge in [-0.1, -0.05) is 12.1 Å². The lowest BCUT2D eigenvalue weighted by molar-refractivity contribution is -0.115. The van der Waals surface area contributed by atoms with Crippen LogP contribution in [0.2, 0.25) is 0 Å². The van der Waals surface area contributed by atoms with E-state index >= 15 is 0 Å². The number of nitrogens with zero attached hydrogens (tertiary/aromatic N) is 6. The molecule has 0 aliphatic rings. The summed E-state index contributed by atoms with van der Waals surface area (Å²) in [4.78, 5) is 30.1. The number of aryl methyl sites for hydroxylation is 1. The van der Waals surface area contributed by atoms with E-state index in [0.717, 1.165) is 30.0 Å². The molecule has 0 unspecified atom stereocenters. The third kappa shape index (κ3) is 5.77. The van der Waals surface area contributed by atoms with Gasteiger partial charge in [-0.3, -0.25) is 10.1 Å². The molecule has 42 heavy (non-hydrogen) atoms. The van der Waals surface area contributed by atoms with E-state index in [4.69, 9.17) is 0 Å². The second-order valence-electron chi connectivity index (χ2n) is 9.70. The summed E-state index contributed by atoms with van der Waals surface area (Å²) in [7, 11) is 1.90. The molecule has 1 amide bonds. The van der Waals surface area contributed by atoms with Crippen molar-refractivity contribution in [2.24, 2.45) is 7.05 Å². The summed E-state index contributed by atoms with van der Waals surface area (Å²) in [6.07, 6.45) is 2.39. The number of amides is 1. The van der Waals surface area contributed by atoms with Crippen molar-refractivity contribution in [1.29, 1.82) is 0 Å². The van der Waals surface area contributed by atoms with Crippen molar-refractivity contribution in [3.8, 4) is 0 Å². The lowest BCUT2D eigenvalue weighted by atomic mass is 10.1. The van der Waals surface area contributed by atoms with E-state index in [1.54, 1.807) is 54.0 Å². The Hall–Kier alpha value is -4.91. The smallest absolute Gasteiger partial charge is 0.231 e. The van der Waals surface area contributed by atoms with Crippen LogP contribution in [-0.2, 0) is 28.1 Å². The Labute approximate surface area is 241 Å². The molecule has 13 heteroatoms. The van der Waals surface area contributed by atoms with Crippen molar-refractivity contribution in [3.63, 3.8) is 0 Å². The topological polar surface area (TPSA) is 113 Å². The van der Waals surface area contributed by atoms with E-state index in [-0.39, 0.29) is 22.8 Å². The molecule has 5 rings (SSSR count). The van der Waals surface area contributed by atoms with Crippen molar-refractivity contribution >= 4 is 55.9 Å². The standard InChI is InChI=1S/C29H27F2N7O3S/c1-36(20-7-5-8-21(17-20)42(4,40)41)28-32-14-13-25(33-28)37(2)23-9-6-10-24-27(23)35-29(38(24)3)34-26(39)16-18-15-19(30)11-12-22(18)31/h5-15,17H,16H2,1-4H3,(H,34,35,39). The zero-order valence-corrected chi connectivity index (χ0v) is 24.0. The van der Waals surface area contributed by atoms with Crippen LogP contribution in [-0.4, -0.2) is 54.2 Å². The molecule has 10 nitrogen and oxygen atoms in total. The summed E-state index contributed by atoms with van der Waals surface area (Å²) in [5.74, 6) is -0.723. The van der Waals surface area contributed by atoms with E-state index in [9.17, 15) is 22.0 Å². The Kier molecular flexibility index (Phi) is 7.61. The minimum absolute atomic E-state index is 0.0562. The fourth-order valence-electron chi connectivity index (χ4n) is 4.45. The number of imidazole rings is 1. The Morgan fingerprint density at radius 3 is 2.50 bits per heavy atom. The molecule has 1 N–H and O–H groups in total. The maximum atomic E-state index is 14.0. The molecule has 0 radical (unpaired) electrons. The second kappa shape index (κ2) is 11.2. The Morgan fingerprint density at radius 1 is 0.976 bits per heavy atom. The largest absolute Gasteiger partial charge is 0.327 e. The molecule has 0 aliphatic carbocycles. The van der Waals surface area contributed by atoms with Gasteiger partial charge in [0.1, 0.15) is 23.0 Å². The number of rotatable bonds is 8. The molecule has 0 saturated heterocycles. The van der Waals surface area contributed by atoms with Crippen LogP contribution in [0.15, 0.2) is 77.8 Å². The third-order valence-corrected chi connectivity index (χ3v) is 7.88. The van der Waals surface area contributed by atoms with Crippen molar-refractivity contribution in [2.75, 3.05) is 35.5 Å². The second-order valence-corrected chi connectivity index (χ2v) is 11.7. The van der Waals surface area contributed by atoms with Gasteiger partial charge in [0.25, 0.3) is 0 Å². The van der Waals surface area contributed by atoms with Crippen molar-refractivity contribution < 1.29 is 22.0 Å². The van der Waals surface area contributed by atoms with Crippen LogP contribution in [0.1, 0.15) is 5.56 Å². The van der Waals surface area contributed by atoms with Gasteiger partial charge in [0.2, 0.25) is 17.8 Å².